The summed E-state index contributed by atoms with van der Waals surface area (Å²) < 4.78 is 6.82. The first-order valence-electron chi connectivity index (χ1n) is 9.13. The first kappa shape index (κ1) is 18.6. The summed E-state index contributed by atoms with van der Waals surface area (Å²) in [5.41, 5.74) is 2.85. The highest BCUT2D eigenvalue weighted by atomic mass is 32.1. The Hall–Kier alpha value is -2.21. The van der Waals surface area contributed by atoms with Crippen molar-refractivity contribution in [1.29, 1.82) is 0 Å². The number of nitrogens with zero attached hydrogens (tertiary/aromatic N) is 1. The van der Waals surface area contributed by atoms with E-state index >= 15 is 0 Å². The van der Waals surface area contributed by atoms with Crippen LogP contribution in [-0.4, -0.2) is 19.0 Å². The number of thiophene rings is 1. The fourth-order valence-electron chi connectivity index (χ4n) is 3.31. The number of methoxy groups -OCH3 is 1. The molecule has 1 aliphatic rings. The minimum absolute atomic E-state index is 0.138. The summed E-state index contributed by atoms with van der Waals surface area (Å²) in [6.45, 7) is 2.31. The van der Waals surface area contributed by atoms with Crippen LogP contribution in [-0.2, 0) is 35.3 Å². The van der Waals surface area contributed by atoms with Gasteiger partial charge in [0.05, 0.1) is 12.7 Å². The lowest BCUT2D eigenvalue weighted by molar-refractivity contribution is -0.684. The molecule has 0 aromatic carbocycles. The van der Waals surface area contributed by atoms with E-state index in [9.17, 15) is 9.59 Å². The quantitative estimate of drug-likeness (QED) is 0.497. The molecule has 26 heavy (non-hydrogen) atoms. The molecule has 0 fully saturated rings. The van der Waals surface area contributed by atoms with Crippen molar-refractivity contribution in [2.45, 2.75) is 52.0 Å². The molecular formula is C20H25N2O3S+. The number of pyridine rings is 1. The van der Waals surface area contributed by atoms with Gasteiger partial charge in [-0.15, -0.1) is 11.3 Å². The lowest BCUT2D eigenvalue weighted by Gasteiger charge is -2.06. The summed E-state index contributed by atoms with van der Waals surface area (Å²) in [6, 6.07) is 4.03. The van der Waals surface area contributed by atoms with Gasteiger partial charge in [0.1, 0.15) is 5.00 Å². The molecule has 1 amide bonds. The van der Waals surface area contributed by atoms with Crippen molar-refractivity contribution in [3.05, 3.63) is 46.1 Å². The second kappa shape index (κ2) is 8.45. The molecule has 0 aliphatic heterocycles. The highest BCUT2D eigenvalue weighted by molar-refractivity contribution is 7.17. The van der Waals surface area contributed by atoms with Gasteiger partial charge < -0.3 is 10.1 Å². The standard InChI is InChI=1S/C20H24N2O3S/c1-3-14-9-11-22(12-10-14)13-17(23)21-19-18(20(24)25-2)15-7-5-4-6-8-16(15)26-19/h9-12H,3-8,13H2,1-2H3/p+1. The van der Waals surface area contributed by atoms with Gasteiger partial charge in [-0.05, 0) is 43.2 Å². The predicted octanol–water partition coefficient (Wildman–Crippen LogP) is 3.29. The Morgan fingerprint density at radius 3 is 2.62 bits per heavy atom. The van der Waals surface area contributed by atoms with Crippen LogP contribution in [0.2, 0.25) is 0 Å². The largest absolute Gasteiger partial charge is 0.465 e. The molecule has 3 rings (SSSR count). The summed E-state index contributed by atoms with van der Waals surface area (Å²) in [5.74, 6) is -0.500. The smallest absolute Gasteiger partial charge is 0.341 e. The SMILES string of the molecule is CCc1cc[n+](CC(=O)Nc2sc3c(c2C(=O)OC)CCCCC3)cc1. The Labute approximate surface area is 158 Å². The highest BCUT2D eigenvalue weighted by Crippen LogP contribution is 2.37. The molecule has 0 bridgehead atoms. The summed E-state index contributed by atoms with van der Waals surface area (Å²) >= 11 is 1.52. The van der Waals surface area contributed by atoms with Gasteiger partial charge in [-0.25, -0.2) is 4.79 Å². The molecule has 138 valence electrons. The first-order valence-corrected chi connectivity index (χ1v) is 9.94. The number of rotatable bonds is 5. The third-order valence-electron chi connectivity index (χ3n) is 4.76. The molecule has 5 nitrogen and oxygen atoms in total. The molecule has 1 aliphatic carbocycles. The Morgan fingerprint density at radius 1 is 1.19 bits per heavy atom. The topological polar surface area (TPSA) is 59.3 Å². The van der Waals surface area contributed by atoms with E-state index < -0.39 is 0 Å². The van der Waals surface area contributed by atoms with Crippen molar-refractivity contribution >= 4 is 28.2 Å². The molecule has 2 aromatic rings. The van der Waals surface area contributed by atoms with Gasteiger partial charge in [-0.1, -0.05) is 13.3 Å². The van der Waals surface area contributed by atoms with Gasteiger partial charge in [0.25, 0.3) is 5.91 Å². The summed E-state index contributed by atoms with van der Waals surface area (Å²) in [7, 11) is 1.39. The van der Waals surface area contributed by atoms with Crippen LogP contribution in [0.25, 0.3) is 0 Å². The number of fused-ring (bicyclic) bond motifs is 1. The van der Waals surface area contributed by atoms with Crippen LogP contribution in [0.4, 0.5) is 5.00 Å². The zero-order chi connectivity index (χ0) is 18.5. The number of nitrogens with one attached hydrogen (secondary N) is 1. The first-order chi connectivity index (χ1) is 12.6. The van der Waals surface area contributed by atoms with Crippen LogP contribution >= 0.6 is 11.3 Å². The number of hydrogen-bond donors (Lipinski definition) is 1. The lowest BCUT2D eigenvalue weighted by atomic mass is 10.1. The van der Waals surface area contributed by atoms with E-state index in [0.29, 0.717) is 10.6 Å². The van der Waals surface area contributed by atoms with Crippen LogP contribution in [0.1, 0.15) is 52.5 Å². The maximum absolute atomic E-state index is 12.5. The number of amides is 1. The maximum Gasteiger partial charge on any atom is 0.341 e. The van der Waals surface area contributed by atoms with Crippen molar-refractivity contribution in [2.75, 3.05) is 12.4 Å². The van der Waals surface area contributed by atoms with Crippen molar-refractivity contribution in [1.82, 2.24) is 0 Å². The Kier molecular flexibility index (Phi) is 6.04. The van der Waals surface area contributed by atoms with E-state index in [-0.39, 0.29) is 18.4 Å². The summed E-state index contributed by atoms with van der Waals surface area (Å²) in [4.78, 5) is 26.0. The van der Waals surface area contributed by atoms with Crippen molar-refractivity contribution in [3.8, 4) is 0 Å². The van der Waals surface area contributed by atoms with Crippen molar-refractivity contribution in [3.63, 3.8) is 0 Å². The normalized spacial score (nSPS) is 13.6. The van der Waals surface area contributed by atoms with Crippen LogP contribution in [0.15, 0.2) is 24.5 Å². The molecule has 0 atom stereocenters. The van der Waals surface area contributed by atoms with E-state index in [2.05, 4.69) is 12.2 Å². The fourth-order valence-corrected chi connectivity index (χ4v) is 4.60. The van der Waals surface area contributed by atoms with Gasteiger partial charge in [0.15, 0.2) is 12.4 Å². The average molecular weight is 373 g/mol. The molecule has 2 aromatic heterocycles. The maximum atomic E-state index is 12.5. The summed E-state index contributed by atoms with van der Waals surface area (Å²) in [6.07, 6.45) is 9.99. The Morgan fingerprint density at radius 2 is 1.92 bits per heavy atom. The van der Waals surface area contributed by atoms with E-state index in [1.165, 1.54) is 35.3 Å². The number of anilines is 1. The van der Waals surface area contributed by atoms with Crippen LogP contribution in [0.5, 0.6) is 0 Å². The molecule has 1 N–H and O–H groups in total. The van der Waals surface area contributed by atoms with Gasteiger partial charge >= 0.3 is 5.97 Å². The van der Waals surface area contributed by atoms with Gasteiger partial charge in [-0.3, -0.25) is 4.79 Å². The molecule has 0 spiro atoms. The number of aryl methyl sites for hydroxylation is 2. The zero-order valence-electron chi connectivity index (χ0n) is 15.3. The second-order valence-corrected chi connectivity index (χ2v) is 7.65. The van der Waals surface area contributed by atoms with E-state index in [4.69, 9.17) is 4.74 Å². The molecule has 0 unspecified atom stereocenters. The molecular weight excluding hydrogens is 348 g/mol. The van der Waals surface area contributed by atoms with Crippen molar-refractivity contribution in [2.24, 2.45) is 0 Å². The Bertz CT molecular complexity index is 796. The minimum Gasteiger partial charge on any atom is -0.465 e. The monoisotopic (exact) mass is 373 g/mol. The molecule has 0 saturated heterocycles. The second-order valence-electron chi connectivity index (χ2n) is 6.54. The predicted molar refractivity (Wildman–Crippen MR) is 102 cm³/mol. The van der Waals surface area contributed by atoms with Gasteiger partial charge in [-0.2, -0.15) is 4.57 Å². The van der Waals surface area contributed by atoms with E-state index in [1.54, 1.807) is 0 Å². The molecule has 6 heteroatoms. The average Bonchev–Trinajstić information content (AvgIpc) is 2.82. The van der Waals surface area contributed by atoms with Gasteiger partial charge in [0, 0.05) is 17.0 Å². The number of carbonyl (C=O) groups excluding carboxylic acids is 2. The van der Waals surface area contributed by atoms with Crippen molar-refractivity contribution < 1.29 is 18.9 Å². The minimum atomic E-state index is -0.361. The fraction of sp³-hybridized carbons (Fsp3) is 0.450. The van der Waals surface area contributed by atoms with E-state index in [0.717, 1.165) is 37.7 Å². The molecule has 0 radical (unpaired) electrons. The number of carbonyl (C=O) groups is 2. The number of esters is 1. The number of ether oxygens (including phenoxy) is 1. The number of hydrogen-bond acceptors (Lipinski definition) is 4. The third-order valence-corrected chi connectivity index (χ3v) is 5.97. The summed E-state index contributed by atoms with van der Waals surface area (Å²) in [5, 5.41) is 3.56. The van der Waals surface area contributed by atoms with Crippen LogP contribution in [0.3, 0.4) is 0 Å². The van der Waals surface area contributed by atoms with Gasteiger partial charge in [0.2, 0.25) is 6.54 Å². The number of aromatic nitrogens is 1. The zero-order valence-corrected chi connectivity index (χ0v) is 16.2. The van der Waals surface area contributed by atoms with E-state index in [1.807, 2.05) is 29.1 Å². The van der Waals surface area contributed by atoms with Crippen LogP contribution in [0, 0.1) is 0 Å². The highest BCUT2D eigenvalue weighted by Gasteiger charge is 2.26. The third kappa shape index (κ3) is 4.12. The molecule has 2 heterocycles. The Balaban J connectivity index is 1.79. The molecule has 0 saturated carbocycles. The van der Waals surface area contributed by atoms with Crippen LogP contribution < -0.4 is 9.88 Å². The lowest BCUT2D eigenvalue weighted by Crippen LogP contribution is -2.39.